The van der Waals surface area contributed by atoms with Crippen molar-refractivity contribution in [3.8, 4) is 0 Å². The maximum atomic E-state index is 13.2. The number of thioether (sulfide) groups is 1. The largest absolute Gasteiger partial charge is 0.301 e. The van der Waals surface area contributed by atoms with E-state index in [2.05, 4.69) is 20.5 Å². The summed E-state index contributed by atoms with van der Waals surface area (Å²) in [5.74, 6) is -0.475. The topological polar surface area (TPSA) is 88.1 Å². The van der Waals surface area contributed by atoms with E-state index in [-0.39, 0.29) is 29.4 Å². The highest BCUT2D eigenvalue weighted by Gasteiger charge is 2.34. The molecule has 7 nitrogen and oxygen atoms in total. The van der Waals surface area contributed by atoms with E-state index in [4.69, 9.17) is 0 Å². The number of rotatable bonds is 6. The van der Waals surface area contributed by atoms with Crippen LogP contribution in [0.1, 0.15) is 19.8 Å². The average molecular weight is 424 g/mol. The van der Waals surface area contributed by atoms with E-state index in [9.17, 15) is 14.0 Å². The Bertz CT molecular complexity index is 1020. The summed E-state index contributed by atoms with van der Waals surface area (Å²) in [5, 5.41) is 11.8. The Balaban J connectivity index is 1.35. The molecule has 0 bridgehead atoms. The highest BCUT2D eigenvalue weighted by molar-refractivity contribution is 8.01. The summed E-state index contributed by atoms with van der Waals surface area (Å²) in [6.45, 7) is 1.52. The van der Waals surface area contributed by atoms with E-state index >= 15 is 0 Å². The SMILES string of the molecule is CC(=O)N(c1nnc(SCC(=O)Nc2nc3ccc(F)cc3s2)s1)C1CC1. The van der Waals surface area contributed by atoms with E-state index in [1.54, 1.807) is 11.0 Å². The Morgan fingerprint density at radius 3 is 2.89 bits per heavy atom. The van der Waals surface area contributed by atoms with Gasteiger partial charge in [0.1, 0.15) is 5.82 Å². The zero-order valence-corrected chi connectivity index (χ0v) is 16.6. The molecule has 11 heteroatoms. The standard InChI is InChI=1S/C16H14FN5O2S3/c1-8(23)22(10-3-4-10)15-20-21-16(27-15)25-7-13(24)19-14-18-11-5-2-9(17)6-12(11)26-14/h2,5-6,10H,3-4,7H2,1H3,(H,18,19,24). The van der Waals surface area contributed by atoms with Gasteiger partial charge in [-0.1, -0.05) is 34.4 Å². The molecule has 1 fully saturated rings. The van der Waals surface area contributed by atoms with Crippen molar-refractivity contribution < 1.29 is 14.0 Å². The number of nitrogens with zero attached hydrogens (tertiary/aromatic N) is 4. The molecule has 0 atom stereocenters. The molecule has 0 aliphatic heterocycles. The Morgan fingerprint density at radius 2 is 2.15 bits per heavy atom. The lowest BCUT2D eigenvalue weighted by atomic mass is 10.3. The Kier molecular flexibility index (Phi) is 5.06. The third kappa shape index (κ3) is 4.25. The number of nitrogens with one attached hydrogen (secondary N) is 1. The van der Waals surface area contributed by atoms with Crippen LogP contribution in [0.15, 0.2) is 22.5 Å². The van der Waals surface area contributed by atoms with Gasteiger partial charge >= 0.3 is 0 Å². The monoisotopic (exact) mass is 423 g/mol. The molecule has 0 saturated heterocycles. The van der Waals surface area contributed by atoms with Gasteiger partial charge in [0.15, 0.2) is 9.47 Å². The van der Waals surface area contributed by atoms with Crippen LogP contribution >= 0.6 is 34.4 Å². The van der Waals surface area contributed by atoms with Crippen LogP contribution in [-0.2, 0) is 9.59 Å². The minimum atomic E-state index is -0.336. The van der Waals surface area contributed by atoms with E-state index in [0.717, 1.165) is 12.8 Å². The van der Waals surface area contributed by atoms with Gasteiger partial charge in [-0.25, -0.2) is 9.37 Å². The zero-order valence-electron chi connectivity index (χ0n) is 14.1. The molecule has 4 rings (SSSR count). The van der Waals surface area contributed by atoms with Gasteiger partial charge in [-0.05, 0) is 31.0 Å². The number of halogens is 1. The average Bonchev–Trinajstić information content (AvgIpc) is 3.18. The van der Waals surface area contributed by atoms with Gasteiger partial charge in [-0.3, -0.25) is 14.5 Å². The number of anilines is 2. The molecule has 3 aromatic rings. The molecule has 2 heterocycles. The van der Waals surface area contributed by atoms with Crippen LogP contribution in [-0.4, -0.2) is 38.8 Å². The fourth-order valence-corrected chi connectivity index (χ4v) is 5.14. The number of hydrogen-bond donors (Lipinski definition) is 1. The van der Waals surface area contributed by atoms with Crippen LogP contribution in [0.5, 0.6) is 0 Å². The number of carbonyl (C=O) groups is 2. The van der Waals surface area contributed by atoms with Crippen molar-refractivity contribution in [1.82, 2.24) is 15.2 Å². The minimum Gasteiger partial charge on any atom is -0.301 e. The Hall–Kier alpha value is -2.11. The molecule has 0 spiro atoms. The lowest BCUT2D eigenvalue weighted by Crippen LogP contribution is -2.30. The molecule has 0 unspecified atom stereocenters. The molecular formula is C16H14FN5O2S3. The lowest BCUT2D eigenvalue weighted by Gasteiger charge is -2.15. The second kappa shape index (κ2) is 7.49. The highest BCUT2D eigenvalue weighted by atomic mass is 32.2. The number of benzene rings is 1. The molecule has 0 radical (unpaired) electrons. The normalized spacial score (nSPS) is 13.7. The maximum absolute atomic E-state index is 13.2. The van der Waals surface area contributed by atoms with Gasteiger partial charge in [0, 0.05) is 13.0 Å². The fourth-order valence-electron chi connectivity index (χ4n) is 2.47. The predicted octanol–water partition coefficient (Wildman–Crippen LogP) is 3.53. The highest BCUT2D eigenvalue weighted by Crippen LogP contribution is 2.35. The van der Waals surface area contributed by atoms with E-state index < -0.39 is 0 Å². The minimum absolute atomic E-state index is 0.0461. The van der Waals surface area contributed by atoms with Crippen molar-refractivity contribution in [3.05, 3.63) is 24.0 Å². The molecule has 1 aromatic carbocycles. The number of aromatic nitrogens is 3. The molecule has 1 aliphatic rings. The van der Waals surface area contributed by atoms with Crippen LogP contribution in [0.4, 0.5) is 14.7 Å². The number of amides is 2. The second-order valence-electron chi connectivity index (χ2n) is 5.94. The first-order valence-corrected chi connectivity index (χ1v) is 10.7. The number of fused-ring (bicyclic) bond motifs is 1. The Morgan fingerprint density at radius 1 is 1.33 bits per heavy atom. The third-order valence-electron chi connectivity index (χ3n) is 3.78. The summed E-state index contributed by atoms with van der Waals surface area (Å²) in [6, 6.07) is 4.53. The van der Waals surface area contributed by atoms with E-state index in [1.807, 2.05) is 0 Å². The third-order valence-corrected chi connectivity index (χ3v) is 6.77. The number of thiazole rings is 1. The van der Waals surface area contributed by atoms with E-state index in [0.29, 0.717) is 24.8 Å². The van der Waals surface area contributed by atoms with Gasteiger partial charge in [0.05, 0.1) is 16.0 Å². The molecule has 1 aliphatic carbocycles. The summed E-state index contributed by atoms with van der Waals surface area (Å²) in [5.41, 5.74) is 0.641. The summed E-state index contributed by atoms with van der Waals surface area (Å²) < 4.78 is 14.5. The molecule has 2 amide bonds. The second-order valence-corrected chi connectivity index (χ2v) is 9.15. The van der Waals surface area contributed by atoms with Gasteiger partial charge in [-0.2, -0.15) is 0 Å². The van der Waals surface area contributed by atoms with Crippen LogP contribution in [0.25, 0.3) is 10.2 Å². The first kappa shape index (κ1) is 18.3. The maximum Gasteiger partial charge on any atom is 0.236 e. The summed E-state index contributed by atoms with van der Waals surface area (Å²) in [4.78, 5) is 29.8. The van der Waals surface area contributed by atoms with Crippen molar-refractivity contribution >= 4 is 66.7 Å². The summed E-state index contributed by atoms with van der Waals surface area (Å²) in [7, 11) is 0. The smallest absolute Gasteiger partial charge is 0.236 e. The molecule has 27 heavy (non-hydrogen) atoms. The first-order chi connectivity index (χ1) is 13.0. The van der Waals surface area contributed by atoms with Crippen molar-refractivity contribution in [2.24, 2.45) is 0 Å². The van der Waals surface area contributed by atoms with Gasteiger partial charge < -0.3 is 5.32 Å². The van der Waals surface area contributed by atoms with Gasteiger partial charge in [0.2, 0.25) is 16.9 Å². The van der Waals surface area contributed by atoms with Crippen LogP contribution < -0.4 is 10.2 Å². The quantitative estimate of drug-likeness (QED) is 0.482. The molecule has 1 N–H and O–H groups in total. The Labute approximate surface area is 166 Å². The van der Waals surface area contributed by atoms with Crippen molar-refractivity contribution in [2.75, 3.05) is 16.0 Å². The van der Waals surface area contributed by atoms with E-state index in [1.165, 1.54) is 53.5 Å². The molecule has 1 saturated carbocycles. The molecular weight excluding hydrogens is 409 g/mol. The lowest BCUT2D eigenvalue weighted by molar-refractivity contribution is -0.116. The van der Waals surface area contributed by atoms with Gasteiger partial charge in [0.25, 0.3) is 0 Å². The van der Waals surface area contributed by atoms with Crippen molar-refractivity contribution in [3.63, 3.8) is 0 Å². The van der Waals surface area contributed by atoms with Crippen LogP contribution in [0, 0.1) is 5.82 Å². The first-order valence-electron chi connectivity index (χ1n) is 8.11. The molecule has 140 valence electrons. The summed E-state index contributed by atoms with van der Waals surface area (Å²) in [6.07, 6.45) is 1.96. The number of hydrogen-bond acceptors (Lipinski definition) is 8. The van der Waals surface area contributed by atoms with Crippen molar-refractivity contribution in [1.29, 1.82) is 0 Å². The van der Waals surface area contributed by atoms with Crippen LogP contribution in [0.2, 0.25) is 0 Å². The van der Waals surface area contributed by atoms with Crippen molar-refractivity contribution in [2.45, 2.75) is 30.1 Å². The van der Waals surface area contributed by atoms with Crippen LogP contribution in [0.3, 0.4) is 0 Å². The molecule has 2 aromatic heterocycles. The summed E-state index contributed by atoms with van der Waals surface area (Å²) >= 11 is 3.77. The predicted molar refractivity (Wildman–Crippen MR) is 105 cm³/mol. The number of carbonyl (C=O) groups excluding carboxylic acids is 2. The fraction of sp³-hybridized carbons (Fsp3) is 0.312. The van der Waals surface area contributed by atoms with Gasteiger partial charge in [-0.15, -0.1) is 10.2 Å². The zero-order chi connectivity index (χ0) is 19.0.